The van der Waals surface area contributed by atoms with E-state index in [1.54, 1.807) is 25.3 Å². The van der Waals surface area contributed by atoms with Crippen molar-refractivity contribution < 1.29 is 9.13 Å². The highest BCUT2D eigenvalue weighted by Gasteiger charge is 2.17. The van der Waals surface area contributed by atoms with Gasteiger partial charge in [0.05, 0.1) is 18.0 Å². The molecule has 4 rings (SSSR count). The maximum Gasteiger partial charge on any atom is 0.272 e. The minimum absolute atomic E-state index is 0.245. The summed E-state index contributed by atoms with van der Waals surface area (Å²) < 4.78 is 20.7. The van der Waals surface area contributed by atoms with Crippen LogP contribution in [-0.4, -0.2) is 21.7 Å². The molecule has 0 saturated carbocycles. The smallest absolute Gasteiger partial charge is 0.272 e. The van der Waals surface area contributed by atoms with Gasteiger partial charge in [-0.1, -0.05) is 48.5 Å². The summed E-state index contributed by atoms with van der Waals surface area (Å²) in [5.74, 6) is -0.308. The molecular formula is C21H18FN3O2. The molecule has 0 aliphatic carbocycles. The number of methoxy groups -OCH3 is 1. The van der Waals surface area contributed by atoms with Crippen molar-refractivity contribution in [3.05, 3.63) is 93.8 Å². The van der Waals surface area contributed by atoms with Crippen molar-refractivity contribution in [3.63, 3.8) is 0 Å². The number of rotatable bonds is 5. The number of fused-ring (bicyclic) bond motifs is 1. The summed E-state index contributed by atoms with van der Waals surface area (Å²) >= 11 is 0. The quantitative estimate of drug-likeness (QED) is 0.590. The fraction of sp³-hybridized carbons (Fsp3) is 0.143. The highest BCUT2D eigenvalue weighted by Crippen LogP contribution is 2.27. The number of H-pyrrole nitrogens is 1. The first-order valence-electron chi connectivity index (χ1n) is 8.58. The maximum atomic E-state index is 14.0. The minimum atomic E-state index is -0.308. The van der Waals surface area contributed by atoms with E-state index in [0.717, 1.165) is 16.8 Å². The van der Waals surface area contributed by atoms with E-state index in [4.69, 9.17) is 4.74 Å². The first-order valence-corrected chi connectivity index (χ1v) is 8.58. The van der Waals surface area contributed by atoms with E-state index < -0.39 is 0 Å². The number of ether oxygens (including phenoxy) is 1. The van der Waals surface area contributed by atoms with Crippen molar-refractivity contribution in [2.24, 2.45) is 0 Å². The number of halogens is 1. The van der Waals surface area contributed by atoms with E-state index in [1.807, 2.05) is 30.3 Å². The molecule has 6 heteroatoms. The Bertz CT molecular complexity index is 1150. The molecule has 4 aromatic rings. The summed E-state index contributed by atoms with van der Waals surface area (Å²) in [6.07, 6.45) is 0.247. The molecule has 2 heterocycles. The first kappa shape index (κ1) is 17.2. The number of hydrogen-bond donors (Lipinski definition) is 1. The van der Waals surface area contributed by atoms with Gasteiger partial charge < -0.3 is 4.74 Å². The molecule has 136 valence electrons. The highest BCUT2D eigenvalue weighted by atomic mass is 19.1. The molecule has 0 atom stereocenters. The highest BCUT2D eigenvalue weighted by molar-refractivity contribution is 5.79. The Morgan fingerprint density at radius 1 is 1.11 bits per heavy atom. The number of aromatic nitrogens is 3. The second-order valence-electron chi connectivity index (χ2n) is 6.28. The van der Waals surface area contributed by atoms with Gasteiger partial charge in [-0.2, -0.15) is 0 Å². The van der Waals surface area contributed by atoms with Gasteiger partial charge in [0.2, 0.25) is 0 Å². The van der Waals surface area contributed by atoms with Crippen LogP contribution in [0.1, 0.15) is 17.0 Å². The van der Waals surface area contributed by atoms with Crippen LogP contribution in [-0.2, 0) is 17.8 Å². The van der Waals surface area contributed by atoms with Crippen LogP contribution < -0.4 is 5.56 Å². The summed E-state index contributed by atoms with van der Waals surface area (Å²) in [6, 6.07) is 17.6. The molecule has 5 nitrogen and oxygen atoms in total. The van der Waals surface area contributed by atoms with Crippen molar-refractivity contribution >= 4 is 5.65 Å². The lowest BCUT2D eigenvalue weighted by atomic mass is 10.1. The molecule has 0 spiro atoms. The molecule has 2 aromatic carbocycles. The number of aromatic amines is 1. The second-order valence-corrected chi connectivity index (χ2v) is 6.28. The normalized spacial score (nSPS) is 11.2. The number of hydrogen-bond acceptors (Lipinski definition) is 3. The van der Waals surface area contributed by atoms with Gasteiger partial charge in [0, 0.05) is 25.2 Å². The molecule has 0 aliphatic heterocycles. The van der Waals surface area contributed by atoms with Gasteiger partial charge >= 0.3 is 0 Å². The van der Waals surface area contributed by atoms with Crippen LogP contribution in [0.3, 0.4) is 0 Å². The molecule has 27 heavy (non-hydrogen) atoms. The Kier molecular flexibility index (Phi) is 4.56. The zero-order chi connectivity index (χ0) is 18.8. The standard InChI is InChI=1S/C21H18FN3O2/c1-27-13-18-20(14-7-3-2-4-8-14)21-23-16(12-19(26)25(21)24-18)11-15-9-5-6-10-17(15)22/h2-10,12,24H,11,13H2,1H3. The largest absolute Gasteiger partial charge is 0.378 e. The van der Waals surface area contributed by atoms with Crippen LogP contribution in [0.4, 0.5) is 4.39 Å². The Morgan fingerprint density at radius 3 is 2.59 bits per heavy atom. The van der Waals surface area contributed by atoms with Gasteiger partial charge in [0.1, 0.15) is 5.82 Å². The average molecular weight is 363 g/mol. The van der Waals surface area contributed by atoms with Gasteiger partial charge in [0.15, 0.2) is 5.65 Å². The van der Waals surface area contributed by atoms with Crippen LogP contribution in [0.15, 0.2) is 65.5 Å². The Morgan fingerprint density at radius 2 is 1.85 bits per heavy atom. The Balaban J connectivity index is 1.90. The van der Waals surface area contributed by atoms with E-state index in [9.17, 15) is 9.18 Å². The first-order chi connectivity index (χ1) is 13.2. The van der Waals surface area contributed by atoms with Crippen LogP contribution in [0, 0.1) is 5.82 Å². The van der Waals surface area contributed by atoms with Crippen molar-refractivity contribution in [2.45, 2.75) is 13.0 Å². The van der Waals surface area contributed by atoms with E-state index >= 15 is 0 Å². The molecular weight excluding hydrogens is 345 g/mol. The average Bonchev–Trinajstić information content (AvgIpc) is 3.03. The number of benzene rings is 2. The molecule has 2 aromatic heterocycles. The molecule has 1 N–H and O–H groups in total. The van der Waals surface area contributed by atoms with E-state index in [0.29, 0.717) is 23.5 Å². The van der Waals surface area contributed by atoms with Crippen LogP contribution in [0.2, 0.25) is 0 Å². The van der Waals surface area contributed by atoms with Crippen molar-refractivity contribution in [1.29, 1.82) is 0 Å². The molecule has 0 amide bonds. The van der Waals surface area contributed by atoms with Crippen LogP contribution in [0.5, 0.6) is 0 Å². The lowest BCUT2D eigenvalue weighted by Crippen LogP contribution is -2.16. The zero-order valence-electron chi connectivity index (χ0n) is 14.8. The lowest BCUT2D eigenvalue weighted by molar-refractivity contribution is 0.181. The zero-order valence-corrected chi connectivity index (χ0v) is 14.8. The third-order valence-electron chi connectivity index (χ3n) is 4.42. The summed E-state index contributed by atoms with van der Waals surface area (Å²) in [7, 11) is 1.60. The summed E-state index contributed by atoms with van der Waals surface area (Å²) in [4.78, 5) is 17.3. The van der Waals surface area contributed by atoms with E-state index in [1.165, 1.54) is 16.6 Å². The summed E-state index contributed by atoms with van der Waals surface area (Å²) in [5, 5.41) is 3.08. The van der Waals surface area contributed by atoms with Crippen molar-refractivity contribution in [2.75, 3.05) is 7.11 Å². The number of nitrogens with one attached hydrogen (secondary N) is 1. The molecule has 0 bridgehead atoms. The predicted molar refractivity (Wildman–Crippen MR) is 101 cm³/mol. The maximum absolute atomic E-state index is 14.0. The van der Waals surface area contributed by atoms with Gasteiger partial charge in [0.25, 0.3) is 5.56 Å². The third kappa shape index (κ3) is 3.27. The lowest BCUT2D eigenvalue weighted by Gasteiger charge is -2.05. The molecule has 0 unspecified atom stereocenters. The summed E-state index contributed by atoms with van der Waals surface area (Å²) in [5.41, 5.74) is 3.78. The van der Waals surface area contributed by atoms with Crippen LogP contribution >= 0.6 is 0 Å². The summed E-state index contributed by atoms with van der Waals surface area (Å²) in [6.45, 7) is 0.315. The topological polar surface area (TPSA) is 59.4 Å². The SMILES string of the molecule is COCc1[nH]n2c(=O)cc(Cc3ccccc3F)nc2c1-c1ccccc1. The van der Waals surface area contributed by atoms with E-state index in [2.05, 4.69) is 10.1 Å². The van der Waals surface area contributed by atoms with Gasteiger partial charge in [-0.25, -0.2) is 13.9 Å². The Labute approximate surface area is 155 Å². The Hall–Kier alpha value is -3.25. The number of nitrogens with zero attached hydrogens (tertiary/aromatic N) is 2. The molecule has 0 aliphatic rings. The minimum Gasteiger partial charge on any atom is -0.378 e. The van der Waals surface area contributed by atoms with Gasteiger partial charge in [-0.3, -0.25) is 9.89 Å². The predicted octanol–water partition coefficient (Wildman–Crippen LogP) is 3.57. The van der Waals surface area contributed by atoms with Gasteiger partial charge in [-0.05, 0) is 17.2 Å². The van der Waals surface area contributed by atoms with Crippen molar-refractivity contribution in [3.8, 4) is 11.1 Å². The molecule has 0 fully saturated rings. The van der Waals surface area contributed by atoms with E-state index in [-0.39, 0.29) is 17.8 Å². The van der Waals surface area contributed by atoms with Crippen LogP contribution in [0.25, 0.3) is 16.8 Å². The fourth-order valence-corrected chi connectivity index (χ4v) is 3.22. The molecule has 0 saturated heterocycles. The second kappa shape index (κ2) is 7.17. The molecule has 0 radical (unpaired) electrons. The monoisotopic (exact) mass is 363 g/mol. The fourth-order valence-electron chi connectivity index (χ4n) is 3.22. The van der Waals surface area contributed by atoms with Crippen molar-refractivity contribution in [1.82, 2.24) is 14.6 Å². The third-order valence-corrected chi connectivity index (χ3v) is 4.42. The van der Waals surface area contributed by atoms with Gasteiger partial charge in [-0.15, -0.1) is 0 Å².